The molecule has 1 rings (SSSR count). The second-order valence-corrected chi connectivity index (χ2v) is 3.08. The molecule has 15 heavy (non-hydrogen) atoms. The van der Waals surface area contributed by atoms with Gasteiger partial charge in [0.05, 0.1) is 6.54 Å². The van der Waals surface area contributed by atoms with E-state index in [1.165, 1.54) is 4.90 Å². The van der Waals surface area contributed by atoms with Crippen molar-refractivity contribution in [3.8, 4) is 5.75 Å². The number of urea groups is 1. The summed E-state index contributed by atoms with van der Waals surface area (Å²) in [6.45, 7) is 3.46. The van der Waals surface area contributed by atoms with Crippen LogP contribution in [0.15, 0.2) is 30.3 Å². The van der Waals surface area contributed by atoms with Gasteiger partial charge in [-0.3, -0.25) is 0 Å². The molecule has 82 valence electrons. The predicted molar refractivity (Wildman–Crippen MR) is 58.8 cm³/mol. The summed E-state index contributed by atoms with van der Waals surface area (Å²) in [7, 11) is 0. The molecule has 1 aromatic carbocycles. The van der Waals surface area contributed by atoms with Crippen LogP contribution in [0.1, 0.15) is 6.92 Å². The lowest BCUT2D eigenvalue weighted by Gasteiger charge is -2.18. The first-order valence-electron chi connectivity index (χ1n) is 4.96. The lowest BCUT2D eigenvalue weighted by Crippen LogP contribution is -2.38. The number of hydrogen-bond donors (Lipinski definition) is 1. The first kappa shape index (κ1) is 11.4. The van der Waals surface area contributed by atoms with Gasteiger partial charge in [0.15, 0.2) is 0 Å². The minimum atomic E-state index is -0.408. The van der Waals surface area contributed by atoms with E-state index < -0.39 is 6.03 Å². The van der Waals surface area contributed by atoms with Gasteiger partial charge in [-0.15, -0.1) is 0 Å². The summed E-state index contributed by atoms with van der Waals surface area (Å²) in [5.41, 5.74) is 5.16. The summed E-state index contributed by atoms with van der Waals surface area (Å²) in [5.74, 6) is 0.804. The molecule has 0 atom stereocenters. The van der Waals surface area contributed by atoms with Crippen molar-refractivity contribution in [1.29, 1.82) is 0 Å². The fourth-order valence-corrected chi connectivity index (χ4v) is 1.21. The van der Waals surface area contributed by atoms with Crippen LogP contribution in [0.4, 0.5) is 4.79 Å². The molecule has 0 aliphatic rings. The van der Waals surface area contributed by atoms with Gasteiger partial charge in [-0.05, 0) is 19.1 Å². The van der Waals surface area contributed by atoms with Crippen molar-refractivity contribution in [1.82, 2.24) is 4.90 Å². The van der Waals surface area contributed by atoms with Gasteiger partial charge in [-0.25, -0.2) is 4.79 Å². The Morgan fingerprint density at radius 3 is 2.60 bits per heavy atom. The van der Waals surface area contributed by atoms with Crippen molar-refractivity contribution in [2.75, 3.05) is 19.7 Å². The Hall–Kier alpha value is -1.71. The molecule has 0 saturated carbocycles. The van der Waals surface area contributed by atoms with Gasteiger partial charge in [0.2, 0.25) is 0 Å². The molecule has 0 aliphatic heterocycles. The van der Waals surface area contributed by atoms with Crippen molar-refractivity contribution in [2.45, 2.75) is 6.92 Å². The zero-order valence-electron chi connectivity index (χ0n) is 8.85. The van der Waals surface area contributed by atoms with Gasteiger partial charge in [-0.1, -0.05) is 18.2 Å². The minimum Gasteiger partial charge on any atom is -0.492 e. The lowest BCUT2D eigenvalue weighted by molar-refractivity contribution is 0.194. The highest BCUT2D eigenvalue weighted by atomic mass is 16.5. The fourth-order valence-electron chi connectivity index (χ4n) is 1.21. The third-order valence-corrected chi connectivity index (χ3v) is 2.07. The maximum absolute atomic E-state index is 10.9. The summed E-state index contributed by atoms with van der Waals surface area (Å²) in [6, 6.07) is 9.08. The van der Waals surface area contributed by atoms with E-state index in [0.29, 0.717) is 19.7 Å². The first-order valence-corrected chi connectivity index (χ1v) is 4.96. The van der Waals surface area contributed by atoms with Crippen LogP contribution in [0.2, 0.25) is 0 Å². The molecule has 0 spiro atoms. The number of carbonyl (C=O) groups excluding carboxylic acids is 1. The Kier molecular flexibility index (Phi) is 4.47. The van der Waals surface area contributed by atoms with Gasteiger partial charge in [0, 0.05) is 6.54 Å². The van der Waals surface area contributed by atoms with E-state index in [2.05, 4.69) is 0 Å². The Bertz CT molecular complexity index is 301. The van der Waals surface area contributed by atoms with Crippen molar-refractivity contribution >= 4 is 6.03 Å². The number of nitrogens with two attached hydrogens (primary N) is 1. The molecule has 0 saturated heterocycles. The van der Waals surface area contributed by atoms with Crippen molar-refractivity contribution in [3.63, 3.8) is 0 Å². The van der Waals surface area contributed by atoms with Gasteiger partial charge in [0.25, 0.3) is 0 Å². The largest absolute Gasteiger partial charge is 0.492 e. The van der Waals surface area contributed by atoms with Crippen LogP contribution in [-0.4, -0.2) is 30.6 Å². The lowest BCUT2D eigenvalue weighted by atomic mass is 10.3. The van der Waals surface area contributed by atoms with E-state index in [0.717, 1.165) is 5.75 Å². The molecular formula is C11H16N2O2. The Labute approximate surface area is 89.6 Å². The molecule has 0 bridgehead atoms. The maximum Gasteiger partial charge on any atom is 0.314 e. The standard InChI is InChI=1S/C11H16N2O2/c1-2-13(11(12)14)8-9-15-10-6-4-3-5-7-10/h3-7H,2,8-9H2,1H3,(H2,12,14). The summed E-state index contributed by atoms with van der Waals surface area (Å²) in [4.78, 5) is 12.4. The highest BCUT2D eigenvalue weighted by Gasteiger charge is 2.05. The first-order chi connectivity index (χ1) is 7.24. The van der Waals surface area contributed by atoms with Gasteiger partial charge < -0.3 is 15.4 Å². The number of para-hydroxylation sites is 1. The number of rotatable bonds is 5. The maximum atomic E-state index is 10.9. The highest BCUT2D eigenvalue weighted by molar-refractivity contribution is 5.71. The van der Waals surface area contributed by atoms with Crippen LogP contribution in [0.3, 0.4) is 0 Å². The van der Waals surface area contributed by atoms with Crippen LogP contribution >= 0.6 is 0 Å². The second kappa shape index (κ2) is 5.90. The quantitative estimate of drug-likeness (QED) is 0.796. The molecule has 4 heteroatoms. The average molecular weight is 208 g/mol. The van der Waals surface area contributed by atoms with E-state index in [1.807, 2.05) is 37.3 Å². The van der Waals surface area contributed by atoms with Gasteiger partial charge in [0.1, 0.15) is 12.4 Å². The zero-order valence-corrected chi connectivity index (χ0v) is 8.85. The number of primary amides is 1. The average Bonchev–Trinajstić information content (AvgIpc) is 2.25. The van der Waals surface area contributed by atoms with Gasteiger partial charge >= 0.3 is 6.03 Å². The zero-order chi connectivity index (χ0) is 11.1. The third-order valence-electron chi connectivity index (χ3n) is 2.07. The van der Waals surface area contributed by atoms with Crippen LogP contribution in [0.25, 0.3) is 0 Å². The van der Waals surface area contributed by atoms with Crippen LogP contribution < -0.4 is 10.5 Å². The SMILES string of the molecule is CCN(CCOc1ccccc1)C(N)=O. The van der Waals surface area contributed by atoms with E-state index in [9.17, 15) is 4.79 Å². The second-order valence-electron chi connectivity index (χ2n) is 3.08. The fraction of sp³-hybridized carbons (Fsp3) is 0.364. The van der Waals surface area contributed by atoms with Crippen LogP contribution in [0, 0.1) is 0 Å². The summed E-state index contributed by atoms with van der Waals surface area (Å²) < 4.78 is 5.44. The molecule has 0 aromatic heterocycles. The molecule has 0 fully saturated rings. The van der Waals surface area contributed by atoms with E-state index in [4.69, 9.17) is 10.5 Å². The molecule has 0 unspecified atom stereocenters. The number of nitrogens with zero attached hydrogens (tertiary/aromatic N) is 1. The molecule has 2 amide bonds. The molecule has 0 heterocycles. The van der Waals surface area contributed by atoms with Crippen molar-refractivity contribution < 1.29 is 9.53 Å². The van der Waals surface area contributed by atoms with Crippen LogP contribution in [-0.2, 0) is 0 Å². The number of likely N-dealkylation sites (N-methyl/N-ethyl adjacent to an activating group) is 1. The molecule has 0 radical (unpaired) electrons. The number of ether oxygens (including phenoxy) is 1. The van der Waals surface area contributed by atoms with Crippen molar-refractivity contribution in [3.05, 3.63) is 30.3 Å². The smallest absolute Gasteiger partial charge is 0.314 e. The minimum absolute atomic E-state index is 0.408. The predicted octanol–water partition coefficient (Wildman–Crippen LogP) is 1.47. The molecule has 2 N–H and O–H groups in total. The monoisotopic (exact) mass is 208 g/mol. The third kappa shape index (κ3) is 3.89. The molecular weight excluding hydrogens is 192 g/mol. The number of carbonyl (C=O) groups is 1. The molecule has 4 nitrogen and oxygen atoms in total. The van der Waals surface area contributed by atoms with E-state index in [1.54, 1.807) is 0 Å². The van der Waals surface area contributed by atoms with Crippen molar-refractivity contribution in [2.24, 2.45) is 5.73 Å². The Balaban J connectivity index is 2.30. The topological polar surface area (TPSA) is 55.6 Å². The summed E-state index contributed by atoms with van der Waals surface area (Å²) in [5, 5.41) is 0. The van der Waals surface area contributed by atoms with Gasteiger partial charge in [-0.2, -0.15) is 0 Å². The highest BCUT2D eigenvalue weighted by Crippen LogP contribution is 2.07. The number of benzene rings is 1. The summed E-state index contributed by atoms with van der Waals surface area (Å²) >= 11 is 0. The van der Waals surface area contributed by atoms with E-state index >= 15 is 0 Å². The number of hydrogen-bond acceptors (Lipinski definition) is 2. The Morgan fingerprint density at radius 2 is 2.07 bits per heavy atom. The Morgan fingerprint density at radius 1 is 1.40 bits per heavy atom. The van der Waals surface area contributed by atoms with Crippen LogP contribution in [0.5, 0.6) is 5.75 Å². The summed E-state index contributed by atoms with van der Waals surface area (Å²) in [6.07, 6.45) is 0. The van der Waals surface area contributed by atoms with E-state index in [-0.39, 0.29) is 0 Å². The molecule has 1 aromatic rings. The number of amides is 2. The molecule has 0 aliphatic carbocycles. The normalized spacial score (nSPS) is 9.67.